The number of carbonyl (C=O) groups is 15. The predicted molar refractivity (Wildman–Crippen MR) is 401 cm³/mol. The third kappa shape index (κ3) is 49.4. The molecule has 0 aliphatic heterocycles. The molecule has 0 aliphatic rings. The Balaban J connectivity index is 1.63. The van der Waals surface area contributed by atoms with E-state index in [0.29, 0.717) is 12.8 Å². The molecule has 3 rings (SSSR count). The summed E-state index contributed by atoms with van der Waals surface area (Å²) in [6.45, 7) is 11.6. The van der Waals surface area contributed by atoms with E-state index in [9.17, 15) is 71.9 Å². The summed E-state index contributed by atoms with van der Waals surface area (Å²) in [4.78, 5) is 193. The van der Waals surface area contributed by atoms with Crippen LogP contribution >= 0.6 is 0 Å². The molecule has 0 aromatic heterocycles. The highest BCUT2D eigenvalue weighted by atomic mass is 16.6. The van der Waals surface area contributed by atoms with Crippen LogP contribution in [0, 0.1) is 0 Å². The van der Waals surface area contributed by atoms with Crippen molar-refractivity contribution in [3.63, 3.8) is 0 Å². The second-order valence-corrected chi connectivity index (χ2v) is 28.7. The van der Waals surface area contributed by atoms with Crippen LogP contribution in [0.15, 0.2) is 91.0 Å². The molecular weight excluding hydrogens is 1450 g/mol. The number of benzene rings is 3. The largest absolute Gasteiger partial charge is 0.460 e. The van der Waals surface area contributed by atoms with E-state index in [4.69, 9.17) is 42.6 Å². The molecule has 111 heavy (non-hydrogen) atoms. The SMILES string of the molecule is CC(C)(C)OC(=O)CCC(=O)NC(CCCCNC(=O)COCC(COCC(=O)NCCCCC(NC(=O)CCC(=O)OC(C)(C)C)C(=O)NCC(=O)OCc1ccccc1)OCC(=O)NCCCCC(NC(=O)CCC(=O)OC(C)(C)C)C(=O)NCC(=O)OCc1ccccc1)C(=O)NCC(=O)OCc1ccccc1. The lowest BCUT2D eigenvalue weighted by Gasteiger charge is -2.20. The van der Waals surface area contributed by atoms with Crippen LogP contribution < -0.4 is 47.9 Å². The Bertz CT molecular complexity index is 3290. The number of unbranched alkanes of at least 4 members (excludes halogenated alkanes) is 3. The van der Waals surface area contributed by atoms with Gasteiger partial charge in [-0.1, -0.05) is 91.0 Å². The van der Waals surface area contributed by atoms with Gasteiger partial charge in [0.2, 0.25) is 53.2 Å². The van der Waals surface area contributed by atoms with Gasteiger partial charge in [-0.15, -0.1) is 0 Å². The molecule has 3 aromatic carbocycles. The zero-order chi connectivity index (χ0) is 82.0. The minimum Gasteiger partial charge on any atom is -0.460 e. The first-order valence-electron chi connectivity index (χ1n) is 37.1. The van der Waals surface area contributed by atoms with Gasteiger partial charge in [0.1, 0.15) is 100 Å². The second-order valence-electron chi connectivity index (χ2n) is 28.7. The van der Waals surface area contributed by atoms with E-state index in [1.807, 2.05) is 0 Å². The molecule has 614 valence electrons. The summed E-state index contributed by atoms with van der Waals surface area (Å²) in [5.74, 6) is -9.69. The van der Waals surface area contributed by atoms with Gasteiger partial charge in [0, 0.05) is 38.9 Å². The minimum absolute atomic E-state index is 0.0277. The third-order valence-corrected chi connectivity index (χ3v) is 15.1. The van der Waals surface area contributed by atoms with Crippen molar-refractivity contribution in [1.82, 2.24) is 47.9 Å². The summed E-state index contributed by atoms with van der Waals surface area (Å²) < 4.78 is 48.9. The zero-order valence-corrected chi connectivity index (χ0v) is 65.3. The van der Waals surface area contributed by atoms with E-state index in [-0.39, 0.29) is 136 Å². The van der Waals surface area contributed by atoms with E-state index in [1.54, 1.807) is 153 Å². The molecule has 0 fully saturated rings. The minimum atomic E-state index is -1.15. The van der Waals surface area contributed by atoms with Crippen LogP contribution in [-0.2, 0) is 134 Å². The van der Waals surface area contributed by atoms with E-state index >= 15 is 0 Å². The van der Waals surface area contributed by atoms with Crippen molar-refractivity contribution in [2.75, 3.05) is 72.3 Å². The van der Waals surface area contributed by atoms with Gasteiger partial charge in [-0.2, -0.15) is 0 Å². The normalized spacial score (nSPS) is 12.3. The first-order valence-corrected chi connectivity index (χ1v) is 37.1. The standard InChI is InChI=1S/C78H113N9O24/c1-76(2,3)109-67(94)37-34-61(88)85-58(73(100)82-43-70(97)106-46-54-25-13-10-14-26-54)31-19-22-40-79-64(91)51-103-49-57(105-53-66(93)81-42-24-21-33-60(87-63(90)36-39-69(96)111-78(7,8)9)75(102)84-45-72(99)108-48-56-29-17-12-18-30-56)50-104-52-65(92)80-41-23-20-32-59(86-62(89)35-38-68(95)110-77(4,5)6)74(101)83-44-71(98)107-47-55-27-15-11-16-28-55/h10-18,25-30,57-60H,19-24,31-53H2,1-9H3,(H,79,91)(H,80,92)(H,81,93)(H,82,100)(H,83,101)(H,84,102)(H,85,88)(H,86,89)(H,87,90). The lowest BCUT2D eigenvalue weighted by atomic mass is 10.1. The van der Waals surface area contributed by atoms with Gasteiger partial charge in [-0.3, -0.25) is 71.9 Å². The quantitative estimate of drug-likeness (QED) is 0.0221. The van der Waals surface area contributed by atoms with Gasteiger partial charge < -0.3 is 90.5 Å². The molecule has 3 aromatic rings. The Hall–Kier alpha value is -10.4. The van der Waals surface area contributed by atoms with Crippen molar-refractivity contribution < 1.29 is 115 Å². The summed E-state index contributed by atoms with van der Waals surface area (Å²) in [5, 5.41) is 23.4. The van der Waals surface area contributed by atoms with E-state index in [0.717, 1.165) is 16.7 Å². The molecule has 0 radical (unpaired) electrons. The van der Waals surface area contributed by atoms with Crippen molar-refractivity contribution in [1.29, 1.82) is 0 Å². The molecule has 0 saturated carbocycles. The Morgan fingerprint density at radius 3 is 0.856 bits per heavy atom. The summed E-state index contributed by atoms with van der Waals surface area (Å²) >= 11 is 0. The highest BCUT2D eigenvalue weighted by Crippen LogP contribution is 2.14. The maximum Gasteiger partial charge on any atom is 0.325 e. The van der Waals surface area contributed by atoms with Crippen molar-refractivity contribution >= 4 is 89.0 Å². The van der Waals surface area contributed by atoms with Gasteiger partial charge >= 0.3 is 35.8 Å². The average molecular weight is 1560 g/mol. The molecule has 0 saturated heterocycles. The number of nitrogens with one attached hydrogen (secondary N) is 9. The molecule has 0 bridgehead atoms. The lowest BCUT2D eigenvalue weighted by Crippen LogP contribution is -2.48. The summed E-state index contributed by atoms with van der Waals surface area (Å²) in [7, 11) is 0. The maximum absolute atomic E-state index is 13.4. The molecule has 33 heteroatoms. The van der Waals surface area contributed by atoms with Crippen molar-refractivity contribution in [3.05, 3.63) is 108 Å². The molecule has 33 nitrogen and oxygen atoms in total. The molecular formula is C78H113N9O24. The topological polar surface area (TPSA) is 447 Å². The van der Waals surface area contributed by atoms with Crippen molar-refractivity contribution in [2.24, 2.45) is 0 Å². The van der Waals surface area contributed by atoms with Crippen LogP contribution in [0.3, 0.4) is 0 Å². The highest BCUT2D eigenvalue weighted by molar-refractivity contribution is 5.92. The number of rotatable bonds is 53. The van der Waals surface area contributed by atoms with E-state index < -0.39 is 169 Å². The molecule has 3 unspecified atom stereocenters. The second kappa shape index (κ2) is 52.7. The number of ether oxygens (including phenoxy) is 9. The van der Waals surface area contributed by atoms with Crippen LogP contribution in [0.2, 0.25) is 0 Å². The highest BCUT2D eigenvalue weighted by Gasteiger charge is 2.28. The zero-order valence-electron chi connectivity index (χ0n) is 65.3. The maximum atomic E-state index is 13.4. The molecule has 9 N–H and O–H groups in total. The Morgan fingerprint density at radius 2 is 0.586 bits per heavy atom. The van der Waals surface area contributed by atoms with Gasteiger partial charge in [-0.05, 0) is 137 Å². The van der Waals surface area contributed by atoms with Gasteiger partial charge in [-0.25, -0.2) is 0 Å². The number of hydrogen-bond donors (Lipinski definition) is 9. The fraction of sp³-hybridized carbons (Fsp3) is 0.577. The molecule has 0 spiro atoms. The number of amides is 9. The lowest BCUT2D eigenvalue weighted by molar-refractivity contribution is -0.156. The molecule has 9 amide bonds. The summed E-state index contributed by atoms with van der Waals surface area (Å²) in [6, 6.07) is 23.2. The Morgan fingerprint density at radius 1 is 0.315 bits per heavy atom. The van der Waals surface area contributed by atoms with Crippen LogP contribution in [0.4, 0.5) is 0 Å². The number of hydrogen-bond acceptors (Lipinski definition) is 24. The van der Waals surface area contributed by atoms with Crippen LogP contribution in [0.25, 0.3) is 0 Å². The summed E-state index contributed by atoms with van der Waals surface area (Å²) in [5.41, 5.74) is -0.167. The van der Waals surface area contributed by atoms with Crippen LogP contribution in [0.1, 0.15) is 175 Å². The van der Waals surface area contributed by atoms with Gasteiger partial charge in [0.15, 0.2) is 0 Å². The number of esters is 6. The smallest absolute Gasteiger partial charge is 0.325 e. The fourth-order valence-electron chi connectivity index (χ4n) is 9.81. The molecule has 0 aliphatic carbocycles. The van der Waals surface area contributed by atoms with Crippen molar-refractivity contribution in [2.45, 2.75) is 219 Å². The predicted octanol–water partition coefficient (Wildman–Crippen LogP) is 3.66. The molecule has 0 heterocycles. The summed E-state index contributed by atoms with van der Waals surface area (Å²) in [6.07, 6.45) is -0.747. The first-order chi connectivity index (χ1) is 52.6. The average Bonchev–Trinajstić information content (AvgIpc) is 0.913. The first kappa shape index (κ1) is 94.8. The van der Waals surface area contributed by atoms with Gasteiger partial charge in [0.25, 0.3) is 0 Å². The fourth-order valence-corrected chi connectivity index (χ4v) is 9.81. The third-order valence-electron chi connectivity index (χ3n) is 15.1. The van der Waals surface area contributed by atoms with E-state index in [1.165, 1.54) is 0 Å². The van der Waals surface area contributed by atoms with E-state index in [2.05, 4.69) is 47.9 Å². The Kier molecular flexibility index (Phi) is 45.0. The Labute approximate surface area is 648 Å². The monoisotopic (exact) mass is 1560 g/mol. The molecule has 3 atom stereocenters. The van der Waals surface area contributed by atoms with Crippen LogP contribution in [-0.4, -0.2) is 202 Å². The van der Waals surface area contributed by atoms with Gasteiger partial charge in [0.05, 0.1) is 32.5 Å². The van der Waals surface area contributed by atoms with Crippen LogP contribution in [0.5, 0.6) is 0 Å². The van der Waals surface area contributed by atoms with Crippen molar-refractivity contribution in [3.8, 4) is 0 Å². The number of carbonyl (C=O) groups excluding carboxylic acids is 15.